The monoisotopic (exact) mass is 412 g/mol. The first-order chi connectivity index (χ1) is 13.7. The number of aryl methyl sites for hydroxylation is 1. The summed E-state index contributed by atoms with van der Waals surface area (Å²) < 4.78 is 16.5. The number of aromatic nitrogens is 4. The molecule has 0 spiro atoms. The Hall–Kier alpha value is -3.07. The van der Waals surface area contributed by atoms with E-state index in [2.05, 4.69) is 20.6 Å². The molecule has 0 unspecified atom stereocenters. The Kier molecular flexibility index (Phi) is 4.49. The van der Waals surface area contributed by atoms with Gasteiger partial charge in [-0.25, -0.2) is 19.3 Å². The van der Waals surface area contributed by atoms with Crippen LogP contribution in [0.4, 0.5) is 10.2 Å². The van der Waals surface area contributed by atoms with Crippen LogP contribution in [0.3, 0.4) is 0 Å². The Balaban J connectivity index is 1.89. The Morgan fingerprint density at radius 2 is 2.00 bits per heavy atom. The second kappa shape index (κ2) is 6.77. The summed E-state index contributed by atoms with van der Waals surface area (Å²) >= 11 is 1.43. The molecule has 1 amide bonds. The Labute approximate surface area is 171 Å². The lowest BCUT2D eigenvalue weighted by molar-refractivity contribution is -0.120. The number of fused-ring (bicyclic) bond motifs is 3. The van der Waals surface area contributed by atoms with Crippen LogP contribution in [0.5, 0.6) is 0 Å². The third-order valence-corrected chi connectivity index (χ3v) is 5.82. The third-order valence-electron chi connectivity index (χ3n) is 4.82. The highest BCUT2D eigenvalue weighted by Gasteiger charge is 2.26. The Bertz CT molecular complexity index is 1260. The summed E-state index contributed by atoms with van der Waals surface area (Å²) in [5, 5.41) is 6.60. The first-order valence-electron chi connectivity index (χ1n) is 9.09. The molecule has 0 saturated heterocycles. The van der Waals surface area contributed by atoms with Crippen molar-refractivity contribution in [3.8, 4) is 10.6 Å². The van der Waals surface area contributed by atoms with Crippen molar-refractivity contribution < 1.29 is 9.18 Å². The third kappa shape index (κ3) is 3.21. The van der Waals surface area contributed by atoms with Gasteiger partial charge in [-0.1, -0.05) is 11.3 Å². The second-order valence-electron chi connectivity index (χ2n) is 7.44. The number of benzene rings is 1. The molecule has 0 bridgehead atoms. The molecule has 4 rings (SSSR count). The number of hydrogen-bond donors (Lipinski definition) is 2. The van der Waals surface area contributed by atoms with Gasteiger partial charge in [0.2, 0.25) is 5.91 Å². The van der Waals surface area contributed by atoms with Crippen LogP contribution in [0.15, 0.2) is 24.5 Å². The molecule has 3 aromatic heterocycles. The number of carbonyl (C=O) groups excluding carboxylic acids is 1. The predicted octanol–water partition coefficient (Wildman–Crippen LogP) is 3.80. The van der Waals surface area contributed by atoms with Crippen molar-refractivity contribution in [3.05, 3.63) is 35.9 Å². The number of imidazole rings is 1. The topological polar surface area (TPSA) is 84.7 Å². The van der Waals surface area contributed by atoms with Gasteiger partial charge in [0.15, 0.2) is 5.82 Å². The number of hydrogen-bond acceptors (Lipinski definition) is 6. The molecule has 3 heterocycles. The molecule has 4 aromatic rings. The summed E-state index contributed by atoms with van der Waals surface area (Å²) in [6.07, 6.45) is 1.73. The van der Waals surface area contributed by atoms with Gasteiger partial charge < -0.3 is 15.2 Å². The lowest BCUT2D eigenvalue weighted by Gasteiger charge is -2.27. The Morgan fingerprint density at radius 1 is 1.24 bits per heavy atom. The molecule has 2 N–H and O–H groups in total. The molecular weight excluding hydrogens is 391 g/mol. The maximum Gasteiger partial charge on any atom is 0.217 e. The molecule has 0 aliphatic rings. The fraction of sp³-hybridized carbons (Fsp3) is 0.300. The van der Waals surface area contributed by atoms with Crippen molar-refractivity contribution in [1.82, 2.24) is 24.8 Å². The van der Waals surface area contributed by atoms with Crippen molar-refractivity contribution in [2.75, 3.05) is 12.4 Å². The quantitative estimate of drug-likeness (QED) is 0.533. The molecule has 9 heteroatoms. The van der Waals surface area contributed by atoms with Crippen LogP contribution in [-0.2, 0) is 17.4 Å². The van der Waals surface area contributed by atoms with Gasteiger partial charge in [0.1, 0.15) is 32.2 Å². The SMILES string of the molecule is CNc1nc2sc(-c3ccc(F)c(C(C)(C)NC(C)=O)c3)nc2c2c1ncn2C. The average Bonchev–Trinajstić information content (AvgIpc) is 3.23. The first-order valence-corrected chi connectivity index (χ1v) is 9.91. The molecule has 0 radical (unpaired) electrons. The van der Waals surface area contributed by atoms with Crippen molar-refractivity contribution in [3.63, 3.8) is 0 Å². The molecular formula is C20H21FN6OS. The number of thiazole rings is 1. The highest BCUT2D eigenvalue weighted by atomic mass is 32.1. The van der Waals surface area contributed by atoms with Crippen LogP contribution in [0.2, 0.25) is 0 Å². The zero-order chi connectivity index (χ0) is 20.9. The van der Waals surface area contributed by atoms with Gasteiger partial charge in [-0.2, -0.15) is 0 Å². The molecule has 0 aliphatic heterocycles. The Morgan fingerprint density at radius 3 is 2.69 bits per heavy atom. The van der Waals surface area contributed by atoms with Crippen LogP contribution in [0.25, 0.3) is 32.0 Å². The van der Waals surface area contributed by atoms with E-state index in [1.807, 2.05) is 11.6 Å². The largest absolute Gasteiger partial charge is 0.371 e. The molecule has 0 fully saturated rings. The van der Waals surface area contributed by atoms with Crippen LogP contribution in [-0.4, -0.2) is 32.5 Å². The smallest absolute Gasteiger partial charge is 0.217 e. The second-order valence-corrected chi connectivity index (χ2v) is 8.41. The molecule has 0 atom stereocenters. The molecule has 0 aliphatic carbocycles. The standard InChI is InChI=1S/C20H21FN6OS/c1-10(28)26-20(2,3)12-8-11(6-7-13(12)21)18-24-15-16-14(23-9-27(16)5)17(22-4)25-19(15)29-18/h6-9H,1-5H3,(H,22,25)(H,26,28). The van der Waals surface area contributed by atoms with E-state index in [0.29, 0.717) is 11.4 Å². The maximum absolute atomic E-state index is 14.6. The number of amides is 1. The lowest BCUT2D eigenvalue weighted by atomic mass is 9.92. The van der Waals surface area contributed by atoms with Crippen LogP contribution < -0.4 is 10.6 Å². The van der Waals surface area contributed by atoms with Crippen molar-refractivity contribution in [2.45, 2.75) is 26.3 Å². The van der Waals surface area contributed by atoms with Gasteiger partial charge in [0, 0.05) is 32.1 Å². The van der Waals surface area contributed by atoms with E-state index >= 15 is 0 Å². The zero-order valence-electron chi connectivity index (χ0n) is 16.8. The van der Waals surface area contributed by atoms with Crippen LogP contribution >= 0.6 is 11.3 Å². The van der Waals surface area contributed by atoms with Crippen LogP contribution in [0.1, 0.15) is 26.3 Å². The molecule has 150 valence electrons. The predicted molar refractivity (Wildman–Crippen MR) is 113 cm³/mol. The summed E-state index contributed by atoms with van der Waals surface area (Å²) in [5.74, 6) is 0.0929. The summed E-state index contributed by atoms with van der Waals surface area (Å²) in [5.41, 5.74) is 2.72. The number of halogens is 1. The van der Waals surface area contributed by atoms with Crippen molar-refractivity contribution in [2.24, 2.45) is 7.05 Å². The van der Waals surface area contributed by atoms with Crippen molar-refractivity contribution >= 4 is 44.4 Å². The average molecular weight is 412 g/mol. The van der Waals surface area contributed by atoms with Gasteiger partial charge >= 0.3 is 0 Å². The van der Waals surface area contributed by atoms with E-state index in [9.17, 15) is 9.18 Å². The van der Waals surface area contributed by atoms with Gasteiger partial charge in [-0.3, -0.25) is 4.79 Å². The molecule has 0 saturated carbocycles. The first kappa shape index (κ1) is 19.3. The summed E-state index contributed by atoms with van der Waals surface area (Å²) in [6.45, 7) is 4.96. The van der Waals surface area contributed by atoms with Gasteiger partial charge in [-0.15, -0.1) is 0 Å². The van der Waals surface area contributed by atoms with E-state index in [1.54, 1.807) is 39.4 Å². The van der Waals surface area contributed by atoms with Gasteiger partial charge in [0.05, 0.1) is 11.9 Å². The van der Waals surface area contributed by atoms with Gasteiger partial charge in [0.25, 0.3) is 0 Å². The van der Waals surface area contributed by atoms with E-state index in [4.69, 9.17) is 4.98 Å². The van der Waals surface area contributed by atoms with E-state index in [1.165, 1.54) is 24.3 Å². The minimum atomic E-state index is -0.852. The highest BCUT2D eigenvalue weighted by Crippen LogP contribution is 2.36. The van der Waals surface area contributed by atoms with E-state index in [-0.39, 0.29) is 11.7 Å². The summed E-state index contributed by atoms with van der Waals surface area (Å²) in [6, 6.07) is 4.84. The van der Waals surface area contributed by atoms with E-state index < -0.39 is 5.54 Å². The summed E-state index contributed by atoms with van der Waals surface area (Å²) in [4.78, 5) is 26.2. The maximum atomic E-state index is 14.6. The molecule has 1 aromatic carbocycles. The number of rotatable bonds is 4. The highest BCUT2D eigenvalue weighted by molar-refractivity contribution is 7.21. The number of pyridine rings is 1. The molecule has 7 nitrogen and oxygen atoms in total. The normalized spacial score (nSPS) is 11.9. The van der Waals surface area contributed by atoms with Crippen molar-refractivity contribution in [1.29, 1.82) is 0 Å². The van der Waals surface area contributed by atoms with Gasteiger partial charge in [-0.05, 0) is 32.0 Å². The number of nitrogens with zero attached hydrogens (tertiary/aromatic N) is 4. The number of anilines is 1. The van der Waals surface area contributed by atoms with Crippen LogP contribution in [0, 0.1) is 5.82 Å². The molecule has 29 heavy (non-hydrogen) atoms. The number of nitrogens with one attached hydrogen (secondary N) is 2. The minimum absolute atomic E-state index is 0.220. The zero-order valence-corrected chi connectivity index (χ0v) is 17.6. The summed E-state index contributed by atoms with van der Waals surface area (Å²) in [7, 11) is 3.72. The fourth-order valence-corrected chi connectivity index (χ4v) is 4.46. The number of carbonyl (C=O) groups is 1. The lowest BCUT2D eigenvalue weighted by Crippen LogP contribution is -2.40. The fourth-order valence-electron chi connectivity index (χ4n) is 3.52. The minimum Gasteiger partial charge on any atom is -0.371 e. The van der Waals surface area contributed by atoms with E-state index in [0.717, 1.165) is 32.0 Å².